The molecule has 0 spiro atoms. The van der Waals surface area contributed by atoms with Crippen molar-refractivity contribution in [3.8, 4) is 15.6 Å². The summed E-state index contributed by atoms with van der Waals surface area (Å²) >= 11 is 3.06. The van der Waals surface area contributed by atoms with Crippen LogP contribution >= 0.6 is 22.7 Å². The highest BCUT2D eigenvalue weighted by Crippen LogP contribution is 2.31. The van der Waals surface area contributed by atoms with Crippen molar-refractivity contribution in [3.05, 3.63) is 88.0 Å². The summed E-state index contributed by atoms with van der Waals surface area (Å²) in [4.78, 5) is 23.2. The van der Waals surface area contributed by atoms with Gasteiger partial charge in [0.15, 0.2) is 0 Å². The zero-order valence-electron chi connectivity index (χ0n) is 16.7. The Bertz CT molecular complexity index is 1110. The van der Waals surface area contributed by atoms with Crippen LogP contribution in [-0.4, -0.2) is 15.9 Å². The van der Waals surface area contributed by atoms with Gasteiger partial charge in [0, 0.05) is 18.0 Å². The molecule has 1 amide bonds. The average Bonchev–Trinajstić information content (AvgIpc) is 3.43. The predicted molar refractivity (Wildman–Crippen MR) is 121 cm³/mol. The fourth-order valence-electron chi connectivity index (χ4n) is 2.96. The van der Waals surface area contributed by atoms with Crippen LogP contribution in [-0.2, 0) is 6.61 Å². The van der Waals surface area contributed by atoms with Gasteiger partial charge in [-0.2, -0.15) is 0 Å². The van der Waals surface area contributed by atoms with E-state index in [1.807, 2.05) is 67.8 Å². The van der Waals surface area contributed by atoms with E-state index < -0.39 is 0 Å². The van der Waals surface area contributed by atoms with E-state index in [0.717, 1.165) is 32.5 Å². The maximum atomic E-state index is 12.8. The van der Waals surface area contributed by atoms with Crippen LogP contribution in [0.15, 0.2) is 66.3 Å². The van der Waals surface area contributed by atoms with Gasteiger partial charge in [0.05, 0.1) is 16.6 Å². The number of aryl methyl sites for hydroxylation is 1. The number of aromatic nitrogens is 2. The molecular weight excluding hydrogens is 414 g/mol. The number of hydrogen-bond donors (Lipinski definition) is 1. The van der Waals surface area contributed by atoms with Gasteiger partial charge < -0.3 is 10.1 Å². The van der Waals surface area contributed by atoms with Crippen molar-refractivity contribution in [1.29, 1.82) is 0 Å². The molecular formula is C23H21N3O2S2. The molecule has 1 unspecified atom stereocenters. The lowest BCUT2D eigenvalue weighted by Gasteiger charge is -2.15. The number of nitrogens with one attached hydrogen (secondary N) is 1. The summed E-state index contributed by atoms with van der Waals surface area (Å²) in [6.45, 7) is 4.32. The molecule has 4 rings (SSSR count). The molecule has 0 aliphatic rings. The molecule has 3 heterocycles. The summed E-state index contributed by atoms with van der Waals surface area (Å²) in [5.74, 6) is 0.678. The Labute approximate surface area is 183 Å². The van der Waals surface area contributed by atoms with Gasteiger partial charge in [0.25, 0.3) is 5.91 Å². The van der Waals surface area contributed by atoms with E-state index in [9.17, 15) is 4.79 Å². The Hall–Kier alpha value is -3.03. The zero-order valence-corrected chi connectivity index (χ0v) is 18.3. The van der Waals surface area contributed by atoms with E-state index in [4.69, 9.17) is 4.74 Å². The molecule has 1 N–H and O–H groups in total. The molecule has 0 radical (unpaired) electrons. The minimum atomic E-state index is -0.128. The smallest absolute Gasteiger partial charge is 0.263 e. The first-order valence-electron chi connectivity index (χ1n) is 9.54. The van der Waals surface area contributed by atoms with Crippen LogP contribution in [0.5, 0.6) is 5.75 Å². The van der Waals surface area contributed by atoms with Crippen LogP contribution < -0.4 is 10.1 Å². The van der Waals surface area contributed by atoms with Gasteiger partial charge in [0.1, 0.15) is 22.2 Å². The first-order chi connectivity index (χ1) is 14.6. The van der Waals surface area contributed by atoms with Crippen LogP contribution in [0.3, 0.4) is 0 Å². The Balaban J connectivity index is 1.37. The van der Waals surface area contributed by atoms with Gasteiger partial charge in [-0.05, 0) is 49.1 Å². The molecule has 0 saturated carbocycles. The van der Waals surface area contributed by atoms with Crippen molar-refractivity contribution < 1.29 is 9.53 Å². The van der Waals surface area contributed by atoms with Crippen molar-refractivity contribution in [1.82, 2.24) is 15.3 Å². The lowest BCUT2D eigenvalue weighted by molar-refractivity contribution is 0.0943. The first-order valence-corrected chi connectivity index (χ1v) is 11.2. The minimum absolute atomic E-state index is 0.0998. The molecule has 5 nitrogen and oxygen atoms in total. The van der Waals surface area contributed by atoms with E-state index in [0.29, 0.717) is 11.5 Å². The highest BCUT2D eigenvalue weighted by Gasteiger charge is 2.19. The van der Waals surface area contributed by atoms with Gasteiger partial charge in [-0.1, -0.05) is 24.3 Å². The number of ether oxygens (including phenoxy) is 1. The van der Waals surface area contributed by atoms with Gasteiger partial charge >= 0.3 is 0 Å². The number of benzene rings is 1. The molecule has 0 saturated heterocycles. The highest BCUT2D eigenvalue weighted by atomic mass is 32.1. The third-order valence-corrected chi connectivity index (χ3v) is 6.79. The molecule has 30 heavy (non-hydrogen) atoms. The third-order valence-electron chi connectivity index (χ3n) is 4.59. The van der Waals surface area contributed by atoms with E-state index in [1.54, 1.807) is 23.7 Å². The molecule has 7 heteroatoms. The first kappa shape index (κ1) is 20.3. The maximum Gasteiger partial charge on any atom is 0.263 e. The monoisotopic (exact) mass is 435 g/mol. The zero-order chi connectivity index (χ0) is 20.9. The molecule has 1 atom stereocenters. The van der Waals surface area contributed by atoms with E-state index in [1.165, 1.54) is 11.3 Å². The molecule has 4 aromatic rings. The fraction of sp³-hybridized carbons (Fsp3) is 0.174. The largest absolute Gasteiger partial charge is 0.489 e. The summed E-state index contributed by atoms with van der Waals surface area (Å²) in [7, 11) is 0. The molecule has 0 aliphatic carbocycles. The average molecular weight is 436 g/mol. The molecule has 0 fully saturated rings. The number of thiophene rings is 1. The minimum Gasteiger partial charge on any atom is -0.489 e. The number of hydrogen-bond acceptors (Lipinski definition) is 6. The SMILES string of the molecule is Cc1nc(-c2cccs2)sc1C(=O)NC(C)c1ccc(OCc2cccnc2)cc1. The number of nitrogens with zero attached hydrogens (tertiary/aromatic N) is 2. The van der Waals surface area contributed by atoms with Crippen LogP contribution in [0.2, 0.25) is 0 Å². The van der Waals surface area contributed by atoms with Crippen LogP contribution in [0.25, 0.3) is 9.88 Å². The fourth-order valence-corrected chi connectivity index (χ4v) is 4.73. The topological polar surface area (TPSA) is 64.1 Å². The predicted octanol–water partition coefficient (Wildman–Crippen LogP) is 5.65. The Morgan fingerprint density at radius 2 is 2.00 bits per heavy atom. The van der Waals surface area contributed by atoms with Gasteiger partial charge in [-0.3, -0.25) is 9.78 Å². The Morgan fingerprint density at radius 3 is 2.70 bits per heavy atom. The number of carbonyl (C=O) groups is 1. The van der Waals surface area contributed by atoms with Crippen molar-refractivity contribution >= 4 is 28.6 Å². The van der Waals surface area contributed by atoms with Crippen molar-refractivity contribution in [2.75, 3.05) is 0 Å². The highest BCUT2D eigenvalue weighted by molar-refractivity contribution is 7.22. The molecule has 0 bridgehead atoms. The normalized spacial score (nSPS) is 11.8. The van der Waals surface area contributed by atoms with Crippen molar-refractivity contribution in [2.24, 2.45) is 0 Å². The summed E-state index contributed by atoms with van der Waals surface area (Å²) in [6.07, 6.45) is 3.53. The number of carbonyl (C=O) groups excluding carboxylic acids is 1. The summed E-state index contributed by atoms with van der Waals surface area (Å²) in [5, 5.41) is 5.97. The van der Waals surface area contributed by atoms with Crippen LogP contribution in [0.4, 0.5) is 0 Å². The molecule has 3 aromatic heterocycles. The van der Waals surface area contributed by atoms with Gasteiger partial charge in [-0.25, -0.2) is 4.98 Å². The molecule has 1 aromatic carbocycles. The standard InChI is InChI=1S/C23H21N3O2S2/c1-15(18-7-9-19(10-8-18)28-14-17-5-3-11-24-13-17)25-22(27)21-16(2)26-23(30-21)20-6-4-12-29-20/h3-13,15H,14H2,1-2H3,(H,25,27). The van der Waals surface area contributed by atoms with Crippen LogP contribution in [0.1, 0.15) is 39.5 Å². The Kier molecular flexibility index (Phi) is 6.21. The lowest BCUT2D eigenvalue weighted by Crippen LogP contribution is -2.26. The van der Waals surface area contributed by atoms with Gasteiger partial charge in [0.2, 0.25) is 0 Å². The lowest BCUT2D eigenvalue weighted by atomic mass is 10.1. The van der Waals surface area contributed by atoms with Crippen LogP contribution in [0, 0.1) is 6.92 Å². The summed E-state index contributed by atoms with van der Waals surface area (Å²) in [5.41, 5.74) is 2.79. The van der Waals surface area contributed by atoms with Gasteiger partial charge in [-0.15, -0.1) is 22.7 Å². The second kappa shape index (κ2) is 9.19. The number of thiazole rings is 1. The summed E-state index contributed by atoms with van der Waals surface area (Å²) < 4.78 is 5.80. The van der Waals surface area contributed by atoms with Crippen molar-refractivity contribution in [2.45, 2.75) is 26.5 Å². The third kappa shape index (κ3) is 4.75. The number of rotatable bonds is 7. The Morgan fingerprint density at radius 1 is 1.17 bits per heavy atom. The van der Waals surface area contributed by atoms with E-state index in [2.05, 4.69) is 15.3 Å². The van der Waals surface area contributed by atoms with E-state index in [-0.39, 0.29) is 11.9 Å². The number of pyridine rings is 1. The molecule has 152 valence electrons. The van der Waals surface area contributed by atoms with Crippen molar-refractivity contribution in [3.63, 3.8) is 0 Å². The second-order valence-electron chi connectivity index (χ2n) is 6.82. The summed E-state index contributed by atoms with van der Waals surface area (Å²) in [6, 6.07) is 15.5. The second-order valence-corrected chi connectivity index (χ2v) is 8.77. The van der Waals surface area contributed by atoms with E-state index >= 15 is 0 Å². The quantitative estimate of drug-likeness (QED) is 0.408. The molecule has 0 aliphatic heterocycles. The maximum absolute atomic E-state index is 12.8. The number of amides is 1.